The topological polar surface area (TPSA) is 89.6 Å². The highest BCUT2D eigenvalue weighted by Gasteiger charge is 2.16. The zero-order valence-corrected chi connectivity index (χ0v) is 34.8. The molecule has 0 spiro atoms. The molecule has 0 aliphatic carbocycles. The Balaban J connectivity index is 0.000000132. The number of halogens is 1. The van der Waals surface area contributed by atoms with Crippen LogP contribution in [0.15, 0.2) is 218 Å². The molecule has 12 aromatic rings. The Bertz CT molecular complexity index is 3570. The largest absolute Gasteiger partial charge is 0.399 e. The van der Waals surface area contributed by atoms with Crippen molar-refractivity contribution in [2.75, 3.05) is 11.1 Å². The Labute approximate surface area is 369 Å². The number of nitrogens with two attached hydrogens (primary N) is 1. The molecule has 0 amide bonds. The molecule has 10 aromatic carbocycles. The summed E-state index contributed by atoms with van der Waals surface area (Å²) in [6, 6.07) is 74.0. The van der Waals surface area contributed by atoms with E-state index >= 15 is 0 Å². The molecule has 2 heterocycles. The number of nitrogens with one attached hydrogen (secondary N) is 1. The minimum absolute atomic E-state index is 0.270. The van der Waals surface area contributed by atoms with Gasteiger partial charge in [0.15, 0.2) is 0 Å². The smallest absolute Gasteiger partial charge is 0.228 e. The third kappa shape index (κ3) is 8.07. The third-order valence-corrected chi connectivity index (χ3v) is 11.2. The van der Waals surface area contributed by atoms with Crippen molar-refractivity contribution >= 4 is 93.8 Å². The summed E-state index contributed by atoms with van der Waals surface area (Å²) in [4.78, 5) is 19.1. The summed E-state index contributed by atoms with van der Waals surface area (Å²) in [6.45, 7) is 0. The standard InChI is InChI=1S/C28H19N3.C22H13ClN2.C6H7N/c1-2-12-21(13-3-1)29-28-30-26-23-15-7-5-10-20(23)17-18-25(26)27(31-28)24-16-8-11-19-9-4-6-14-22(19)24;23-22-24-20-17-10-4-2-7-15(17)12-13-19(20)21(25-22)18-11-5-8-14-6-1-3-9-16(14)18;7-6-4-2-1-3-5-6/h1-18H,(H,29,30,31);1-13H;1-5H,7H2. The van der Waals surface area contributed by atoms with E-state index in [1.807, 2.05) is 84.9 Å². The predicted octanol–water partition coefficient (Wildman–Crippen LogP) is 14.9. The second-order valence-electron chi connectivity index (χ2n) is 15.1. The summed E-state index contributed by atoms with van der Waals surface area (Å²) < 4.78 is 0. The lowest BCUT2D eigenvalue weighted by Gasteiger charge is -2.13. The van der Waals surface area contributed by atoms with Gasteiger partial charge in [0.25, 0.3) is 0 Å². The normalized spacial score (nSPS) is 11.0. The van der Waals surface area contributed by atoms with Crippen molar-refractivity contribution in [2.45, 2.75) is 0 Å². The van der Waals surface area contributed by atoms with Crippen molar-refractivity contribution in [1.29, 1.82) is 0 Å². The SMILES string of the molecule is Clc1nc(-c2cccc3ccccc23)c2ccc3ccccc3c2n1.Nc1ccccc1.c1ccc(Nc2nc(-c3cccc4ccccc34)c3ccc4ccccc4c3n2)cc1. The molecule has 12 rings (SSSR count). The van der Waals surface area contributed by atoms with Crippen LogP contribution in [0.4, 0.5) is 17.3 Å². The molecule has 0 fully saturated rings. The zero-order chi connectivity index (χ0) is 42.5. The van der Waals surface area contributed by atoms with E-state index in [2.05, 4.69) is 149 Å². The van der Waals surface area contributed by atoms with Crippen LogP contribution in [0.5, 0.6) is 0 Å². The van der Waals surface area contributed by atoms with E-state index in [-0.39, 0.29) is 5.28 Å². The monoisotopic (exact) mass is 830 g/mol. The average molecular weight is 831 g/mol. The van der Waals surface area contributed by atoms with Gasteiger partial charge in [-0.05, 0) is 80.3 Å². The summed E-state index contributed by atoms with van der Waals surface area (Å²) in [6.07, 6.45) is 0. The lowest BCUT2D eigenvalue weighted by Crippen LogP contribution is -2.00. The molecular weight excluding hydrogens is 792 g/mol. The van der Waals surface area contributed by atoms with Gasteiger partial charge in [0, 0.05) is 44.0 Å². The maximum absolute atomic E-state index is 6.30. The second kappa shape index (κ2) is 17.4. The van der Waals surface area contributed by atoms with Gasteiger partial charge in [0.1, 0.15) is 0 Å². The lowest BCUT2D eigenvalue weighted by molar-refractivity contribution is 1.22. The average Bonchev–Trinajstić information content (AvgIpc) is 3.34. The summed E-state index contributed by atoms with van der Waals surface area (Å²) >= 11 is 6.30. The minimum atomic E-state index is 0.270. The zero-order valence-electron chi connectivity index (χ0n) is 34.0. The molecular formula is C56H39ClN6. The van der Waals surface area contributed by atoms with Crippen LogP contribution in [0.25, 0.3) is 87.4 Å². The maximum Gasteiger partial charge on any atom is 0.228 e. The molecule has 7 heteroatoms. The van der Waals surface area contributed by atoms with Gasteiger partial charge in [-0.15, -0.1) is 0 Å². The first-order chi connectivity index (χ1) is 31.1. The van der Waals surface area contributed by atoms with Crippen LogP contribution in [0.1, 0.15) is 0 Å². The Morgan fingerprint density at radius 3 is 1.25 bits per heavy atom. The van der Waals surface area contributed by atoms with Crippen LogP contribution < -0.4 is 11.1 Å². The van der Waals surface area contributed by atoms with Crippen molar-refractivity contribution in [2.24, 2.45) is 0 Å². The van der Waals surface area contributed by atoms with Gasteiger partial charge in [0.05, 0.1) is 22.4 Å². The van der Waals surface area contributed by atoms with Crippen molar-refractivity contribution in [3.63, 3.8) is 0 Å². The molecule has 2 aromatic heterocycles. The first-order valence-corrected chi connectivity index (χ1v) is 21.1. The van der Waals surface area contributed by atoms with Crippen LogP contribution >= 0.6 is 11.6 Å². The van der Waals surface area contributed by atoms with Gasteiger partial charge in [-0.1, -0.05) is 182 Å². The summed E-state index contributed by atoms with van der Waals surface area (Å²) in [5.41, 5.74) is 13.0. The van der Waals surface area contributed by atoms with Gasteiger partial charge in [-0.25, -0.2) is 19.9 Å². The van der Waals surface area contributed by atoms with Gasteiger partial charge in [0.2, 0.25) is 11.2 Å². The van der Waals surface area contributed by atoms with Crippen LogP contribution in [0.3, 0.4) is 0 Å². The van der Waals surface area contributed by atoms with E-state index in [0.29, 0.717) is 5.95 Å². The van der Waals surface area contributed by atoms with E-state index in [1.165, 1.54) is 21.5 Å². The van der Waals surface area contributed by atoms with Gasteiger partial charge in [-0.3, -0.25) is 0 Å². The van der Waals surface area contributed by atoms with Gasteiger partial charge >= 0.3 is 0 Å². The van der Waals surface area contributed by atoms with E-state index in [1.54, 1.807) is 0 Å². The number of rotatable bonds is 4. The number of para-hydroxylation sites is 2. The number of nitrogens with zero attached hydrogens (tertiary/aromatic N) is 4. The highest BCUT2D eigenvalue weighted by atomic mass is 35.5. The number of hydrogen-bond acceptors (Lipinski definition) is 6. The van der Waals surface area contributed by atoms with Gasteiger partial charge in [-0.2, -0.15) is 0 Å². The van der Waals surface area contributed by atoms with Crippen LogP contribution in [-0.4, -0.2) is 19.9 Å². The molecule has 0 bridgehead atoms. The molecule has 3 N–H and O–H groups in total. The number of hydrogen-bond donors (Lipinski definition) is 2. The quantitative estimate of drug-likeness (QED) is 0.104. The first-order valence-electron chi connectivity index (χ1n) is 20.7. The predicted molar refractivity (Wildman–Crippen MR) is 266 cm³/mol. The second-order valence-corrected chi connectivity index (χ2v) is 15.4. The van der Waals surface area contributed by atoms with E-state index in [9.17, 15) is 0 Å². The summed E-state index contributed by atoms with van der Waals surface area (Å²) in [7, 11) is 0. The highest BCUT2D eigenvalue weighted by molar-refractivity contribution is 6.29. The molecule has 0 radical (unpaired) electrons. The fourth-order valence-corrected chi connectivity index (χ4v) is 8.30. The highest BCUT2D eigenvalue weighted by Crippen LogP contribution is 2.37. The maximum atomic E-state index is 6.30. The summed E-state index contributed by atoms with van der Waals surface area (Å²) in [5, 5.41) is 15.0. The van der Waals surface area contributed by atoms with Gasteiger partial charge < -0.3 is 11.1 Å². The first kappa shape index (κ1) is 39.0. The number of fused-ring (bicyclic) bond motifs is 8. The fourth-order valence-electron chi connectivity index (χ4n) is 8.13. The lowest BCUT2D eigenvalue weighted by atomic mass is 9.98. The molecule has 300 valence electrons. The molecule has 0 saturated carbocycles. The van der Waals surface area contributed by atoms with Crippen LogP contribution in [0.2, 0.25) is 5.28 Å². The Morgan fingerprint density at radius 2 is 0.746 bits per heavy atom. The number of aromatic nitrogens is 4. The molecule has 63 heavy (non-hydrogen) atoms. The van der Waals surface area contributed by atoms with E-state index < -0.39 is 0 Å². The Kier molecular flexibility index (Phi) is 10.8. The van der Waals surface area contributed by atoms with Crippen molar-refractivity contribution in [3.8, 4) is 22.5 Å². The number of benzene rings is 10. The number of nitrogen functional groups attached to an aromatic ring is 1. The molecule has 0 aliphatic heterocycles. The van der Waals surface area contributed by atoms with Crippen LogP contribution in [-0.2, 0) is 0 Å². The Hall–Kier alpha value is -8.19. The molecule has 6 nitrogen and oxygen atoms in total. The molecule has 0 aliphatic rings. The fraction of sp³-hybridized carbons (Fsp3) is 0. The van der Waals surface area contributed by atoms with E-state index in [0.717, 1.165) is 77.2 Å². The minimum Gasteiger partial charge on any atom is -0.399 e. The van der Waals surface area contributed by atoms with Crippen molar-refractivity contribution in [3.05, 3.63) is 224 Å². The molecule has 0 unspecified atom stereocenters. The van der Waals surface area contributed by atoms with Crippen LogP contribution in [0, 0.1) is 0 Å². The third-order valence-electron chi connectivity index (χ3n) is 11.1. The Morgan fingerprint density at radius 1 is 0.333 bits per heavy atom. The van der Waals surface area contributed by atoms with E-state index in [4.69, 9.17) is 27.3 Å². The van der Waals surface area contributed by atoms with Crippen molar-refractivity contribution in [1.82, 2.24) is 19.9 Å². The number of anilines is 3. The molecule has 0 saturated heterocycles. The summed E-state index contributed by atoms with van der Waals surface area (Å²) in [5.74, 6) is 0.595. The molecule has 0 atom stereocenters. The van der Waals surface area contributed by atoms with Crippen molar-refractivity contribution < 1.29 is 0 Å².